The van der Waals surface area contributed by atoms with Crippen LogP contribution in [0.25, 0.3) is 0 Å². The van der Waals surface area contributed by atoms with Gasteiger partial charge in [-0.15, -0.1) is 0 Å². The summed E-state index contributed by atoms with van der Waals surface area (Å²) in [4.78, 5) is 25.1. The van der Waals surface area contributed by atoms with Gasteiger partial charge in [0.2, 0.25) is 18.6 Å². The van der Waals surface area contributed by atoms with Crippen molar-refractivity contribution in [3.63, 3.8) is 0 Å². The van der Waals surface area contributed by atoms with E-state index in [4.69, 9.17) is 14.2 Å². The molecule has 2 aromatic carbocycles. The molecule has 7 nitrogen and oxygen atoms in total. The van der Waals surface area contributed by atoms with E-state index in [-0.39, 0.29) is 30.9 Å². The number of ether oxygens (including phenoxy) is 3. The van der Waals surface area contributed by atoms with E-state index in [2.05, 4.69) is 10.6 Å². The maximum Gasteiger partial charge on any atom is 0.243 e. The van der Waals surface area contributed by atoms with Gasteiger partial charge in [-0.3, -0.25) is 9.59 Å². The molecule has 7 heteroatoms. The Morgan fingerprint density at radius 2 is 1.72 bits per heavy atom. The predicted molar refractivity (Wildman–Crippen MR) is 108 cm³/mol. The summed E-state index contributed by atoms with van der Waals surface area (Å²) in [5.41, 5.74) is 1.75. The van der Waals surface area contributed by atoms with Crippen LogP contribution in [0.2, 0.25) is 0 Å². The minimum Gasteiger partial charge on any atom is -0.497 e. The largest absolute Gasteiger partial charge is 0.497 e. The molecule has 2 N–H and O–H groups in total. The van der Waals surface area contributed by atoms with Crippen LogP contribution in [0.5, 0.6) is 17.2 Å². The molecule has 0 radical (unpaired) electrons. The van der Waals surface area contributed by atoms with Gasteiger partial charge < -0.3 is 24.8 Å². The number of methoxy groups -OCH3 is 1. The number of amides is 2. The van der Waals surface area contributed by atoms with Crippen LogP contribution in [0.15, 0.2) is 42.5 Å². The number of hydrogen-bond acceptors (Lipinski definition) is 5. The highest BCUT2D eigenvalue weighted by Crippen LogP contribution is 2.32. The Kier molecular flexibility index (Phi) is 6.59. The molecule has 0 fully saturated rings. The first-order chi connectivity index (χ1) is 14.0. The first kappa shape index (κ1) is 20.5. The third-order valence-corrected chi connectivity index (χ3v) is 4.69. The lowest BCUT2D eigenvalue weighted by molar-refractivity contribution is -0.129. The highest BCUT2D eigenvalue weighted by atomic mass is 16.7. The fraction of sp³-hybridized carbons (Fsp3) is 0.364. The number of benzene rings is 2. The van der Waals surface area contributed by atoms with Crippen LogP contribution in [0, 0.1) is 5.92 Å². The molecule has 1 atom stereocenters. The van der Waals surface area contributed by atoms with Crippen LogP contribution in [-0.4, -0.2) is 31.8 Å². The fourth-order valence-electron chi connectivity index (χ4n) is 3.04. The highest BCUT2D eigenvalue weighted by molar-refractivity contribution is 5.88. The monoisotopic (exact) mass is 398 g/mol. The summed E-state index contributed by atoms with van der Waals surface area (Å²) < 4.78 is 15.8. The van der Waals surface area contributed by atoms with Crippen molar-refractivity contribution in [2.24, 2.45) is 5.92 Å². The van der Waals surface area contributed by atoms with Crippen LogP contribution in [0.3, 0.4) is 0 Å². The predicted octanol–water partition coefficient (Wildman–Crippen LogP) is 2.42. The number of fused-ring (bicyclic) bond motifs is 1. The molecular weight excluding hydrogens is 372 g/mol. The second kappa shape index (κ2) is 9.32. The third kappa shape index (κ3) is 5.40. The molecule has 0 spiro atoms. The summed E-state index contributed by atoms with van der Waals surface area (Å²) in [6.07, 6.45) is 0.197. The minimum absolute atomic E-state index is 0.0495. The second-order valence-corrected chi connectivity index (χ2v) is 7.22. The molecule has 0 saturated carbocycles. The van der Waals surface area contributed by atoms with Crippen LogP contribution in [0.1, 0.15) is 25.0 Å². The number of rotatable bonds is 8. The molecule has 0 unspecified atom stereocenters. The molecule has 0 aromatic heterocycles. The molecule has 0 saturated heterocycles. The smallest absolute Gasteiger partial charge is 0.243 e. The molecule has 0 aliphatic carbocycles. The lowest BCUT2D eigenvalue weighted by Crippen LogP contribution is -2.49. The van der Waals surface area contributed by atoms with Crippen molar-refractivity contribution < 1.29 is 23.8 Å². The van der Waals surface area contributed by atoms with Crippen LogP contribution in [-0.2, 0) is 22.6 Å². The molecule has 154 valence electrons. The van der Waals surface area contributed by atoms with Crippen molar-refractivity contribution >= 4 is 11.8 Å². The minimum atomic E-state index is -0.616. The zero-order valence-corrected chi connectivity index (χ0v) is 16.9. The lowest BCUT2D eigenvalue weighted by Gasteiger charge is -2.22. The zero-order valence-electron chi connectivity index (χ0n) is 16.9. The van der Waals surface area contributed by atoms with Gasteiger partial charge in [0.15, 0.2) is 11.5 Å². The summed E-state index contributed by atoms with van der Waals surface area (Å²) in [7, 11) is 1.59. The van der Waals surface area contributed by atoms with Crippen LogP contribution < -0.4 is 24.8 Å². The van der Waals surface area contributed by atoms with Gasteiger partial charge in [0, 0.05) is 6.54 Å². The fourth-order valence-corrected chi connectivity index (χ4v) is 3.04. The van der Waals surface area contributed by atoms with E-state index in [9.17, 15) is 9.59 Å². The molecule has 1 heterocycles. The SMILES string of the molecule is COc1ccc(CC(=O)N[C@@H](C(=O)NCc2ccc3c(c2)OCO3)C(C)C)cc1. The van der Waals surface area contributed by atoms with Crippen molar-refractivity contribution in [2.75, 3.05) is 13.9 Å². The third-order valence-electron chi connectivity index (χ3n) is 4.69. The van der Waals surface area contributed by atoms with Gasteiger partial charge in [0.05, 0.1) is 13.5 Å². The van der Waals surface area contributed by atoms with Gasteiger partial charge in [0.1, 0.15) is 11.8 Å². The Balaban J connectivity index is 1.55. The first-order valence-electron chi connectivity index (χ1n) is 9.55. The maximum absolute atomic E-state index is 12.7. The maximum atomic E-state index is 12.7. The first-order valence-corrected chi connectivity index (χ1v) is 9.55. The van der Waals surface area contributed by atoms with Crippen molar-refractivity contribution in [2.45, 2.75) is 32.9 Å². The van der Waals surface area contributed by atoms with E-state index >= 15 is 0 Å². The van der Waals surface area contributed by atoms with E-state index in [1.54, 1.807) is 19.2 Å². The molecule has 0 bridgehead atoms. The number of nitrogens with one attached hydrogen (secondary N) is 2. The van der Waals surface area contributed by atoms with E-state index < -0.39 is 6.04 Å². The molecule has 29 heavy (non-hydrogen) atoms. The topological polar surface area (TPSA) is 85.9 Å². The molecule has 1 aliphatic rings. The normalized spacial score (nSPS) is 13.1. The van der Waals surface area contributed by atoms with Crippen molar-refractivity contribution in [3.8, 4) is 17.2 Å². The van der Waals surface area contributed by atoms with Crippen molar-refractivity contribution in [1.29, 1.82) is 0 Å². The summed E-state index contributed by atoms with van der Waals surface area (Å²) in [6, 6.07) is 12.2. The van der Waals surface area contributed by atoms with Crippen molar-refractivity contribution in [1.82, 2.24) is 10.6 Å². The Morgan fingerprint density at radius 3 is 2.41 bits per heavy atom. The van der Waals surface area contributed by atoms with Gasteiger partial charge in [-0.2, -0.15) is 0 Å². The van der Waals surface area contributed by atoms with Crippen LogP contribution >= 0.6 is 0 Å². The Morgan fingerprint density at radius 1 is 1.03 bits per heavy atom. The van der Waals surface area contributed by atoms with Gasteiger partial charge in [-0.1, -0.05) is 32.0 Å². The quantitative estimate of drug-likeness (QED) is 0.713. The van der Waals surface area contributed by atoms with Crippen molar-refractivity contribution in [3.05, 3.63) is 53.6 Å². The molecule has 2 amide bonds. The van der Waals surface area contributed by atoms with Gasteiger partial charge in [-0.25, -0.2) is 0 Å². The average molecular weight is 398 g/mol. The summed E-state index contributed by atoms with van der Waals surface area (Å²) in [5.74, 6) is 1.63. The molecule has 3 rings (SSSR count). The average Bonchev–Trinajstić information content (AvgIpc) is 3.18. The Hall–Kier alpha value is -3.22. The summed E-state index contributed by atoms with van der Waals surface area (Å²) in [5, 5.41) is 5.73. The van der Waals surface area contributed by atoms with E-state index in [1.807, 2.05) is 44.2 Å². The standard InChI is InChI=1S/C22H26N2O5/c1-14(2)21(24-20(25)11-15-4-7-17(27-3)8-5-15)22(26)23-12-16-6-9-18-19(10-16)29-13-28-18/h4-10,14,21H,11-13H2,1-3H3,(H,23,26)(H,24,25)/t21-/m1/s1. The lowest BCUT2D eigenvalue weighted by atomic mass is 10.0. The van der Waals surface area contributed by atoms with E-state index in [0.29, 0.717) is 18.0 Å². The van der Waals surface area contributed by atoms with Gasteiger partial charge in [0.25, 0.3) is 0 Å². The molecule has 1 aliphatic heterocycles. The molecular formula is C22H26N2O5. The summed E-state index contributed by atoms with van der Waals surface area (Å²) in [6.45, 7) is 4.35. The van der Waals surface area contributed by atoms with Gasteiger partial charge >= 0.3 is 0 Å². The Labute approximate surface area is 170 Å². The summed E-state index contributed by atoms with van der Waals surface area (Å²) >= 11 is 0. The number of carbonyl (C=O) groups is 2. The zero-order chi connectivity index (χ0) is 20.8. The second-order valence-electron chi connectivity index (χ2n) is 7.22. The van der Waals surface area contributed by atoms with E-state index in [0.717, 1.165) is 16.9 Å². The van der Waals surface area contributed by atoms with Gasteiger partial charge in [-0.05, 0) is 41.3 Å². The van der Waals surface area contributed by atoms with Crippen LogP contribution in [0.4, 0.5) is 0 Å². The Bertz CT molecular complexity index is 864. The number of hydrogen-bond donors (Lipinski definition) is 2. The number of carbonyl (C=O) groups excluding carboxylic acids is 2. The van der Waals surface area contributed by atoms with E-state index in [1.165, 1.54) is 0 Å². The molecule has 2 aromatic rings. The highest BCUT2D eigenvalue weighted by Gasteiger charge is 2.24.